The molecule has 3 rings (SSSR count). The average Bonchev–Trinajstić information content (AvgIpc) is 3.07. The molecule has 8 nitrogen and oxygen atoms in total. The standard InChI is InChI=1S/C16H18ClN3O5/c1-22-3-2-14-19-16(25-20-14)9-18-15(21)7-10-6-12-13(8-11(10)17)24-5-4-23-12/h6,8H,2-5,7,9H2,1H3,(H,18,21). The van der Waals surface area contributed by atoms with Crippen LogP contribution in [0.25, 0.3) is 0 Å². The first-order valence-electron chi connectivity index (χ1n) is 7.81. The zero-order chi connectivity index (χ0) is 17.6. The summed E-state index contributed by atoms with van der Waals surface area (Å²) in [5.74, 6) is 1.86. The van der Waals surface area contributed by atoms with Gasteiger partial charge in [0, 0.05) is 24.6 Å². The fourth-order valence-corrected chi connectivity index (χ4v) is 2.53. The summed E-state index contributed by atoms with van der Waals surface area (Å²) in [7, 11) is 1.60. The minimum Gasteiger partial charge on any atom is -0.486 e. The van der Waals surface area contributed by atoms with E-state index in [1.807, 2.05) is 0 Å². The molecule has 2 aromatic rings. The summed E-state index contributed by atoms with van der Waals surface area (Å²) in [4.78, 5) is 16.3. The summed E-state index contributed by atoms with van der Waals surface area (Å²) in [6.45, 7) is 1.62. The Morgan fingerprint density at radius 1 is 1.32 bits per heavy atom. The van der Waals surface area contributed by atoms with E-state index in [-0.39, 0.29) is 18.9 Å². The Morgan fingerprint density at radius 2 is 2.08 bits per heavy atom. The Hall–Kier alpha value is -2.32. The van der Waals surface area contributed by atoms with Crippen LogP contribution in [0.2, 0.25) is 5.02 Å². The predicted octanol–water partition coefficient (Wildman–Crippen LogP) is 1.54. The molecular weight excluding hydrogens is 350 g/mol. The maximum absolute atomic E-state index is 12.1. The van der Waals surface area contributed by atoms with E-state index in [1.165, 1.54) is 0 Å². The number of fused-ring (bicyclic) bond motifs is 1. The second-order valence-electron chi connectivity index (χ2n) is 5.39. The first-order chi connectivity index (χ1) is 12.2. The molecule has 1 aromatic heterocycles. The van der Waals surface area contributed by atoms with Gasteiger partial charge in [-0.15, -0.1) is 0 Å². The van der Waals surface area contributed by atoms with E-state index >= 15 is 0 Å². The lowest BCUT2D eigenvalue weighted by atomic mass is 10.1. The predicted molar refractivity (Wildman–Crippen MR) is 87.9 cm³/mol. The first-order valence-corrected chi connectivity index (χ1v) is 8.18. The average molecular weight is 368 g/mol. The van der Waals surface area contributed by atoms with Crippen LogP contribution in [-0.4, -0.2) is 43.0 Å². The molecule has 0 saturated carbocycles. The van der Waals surface area contributed by atoms with Crippen LogP contribution in [0.4, 0.5) is 0 Å². The number of aromatic nitrogens is 2. The molecule has 1 amide bonds. The number of ether oxygens (including phenoxy) is 3. The minimum atomic E-state index is -0.213. The van der Waals surface area contributed by atoms with E-state index in [1.54, 1.807) is 19.2 Å². The molecule has 0 bridgehead atoms. The fraction of sp³-hybridized carbons (Fsp3) is 0.438. The van der Waals surface area contributed by atoms with Crippen LogP contribution in [0.15, 0.2) is 16.7 Å². The van der Waals surface area contributed by atoms with Crippen LogP contribution in [0.5, 0.6) is 11.5 Å². The Kier molecular flexibility index (Phi) is 5.72. The van der Waals surface area contributed by atoms with Crippen molar-refractivity contribution >= 4 is 17.5 Å². The minimum absolute atomic E-state index is 0.111. The Balaban J connectivity index is 1.55. The number of methoxy groups -OCH3 is 1. The van der Waals surface area contributed by atoms with Crippen molar-refractivity contribution in [2.45, 2.75) is 19.4 Å². The van der Waals surface area contributed by atoms with Crippen molar-refractivity contribution in [2.75, 3.05) is 26.9 Å². The topological polar surface area (TPSA) is 95.7 Å². The Bertz CT molecular complexity index is 749. The van der Waals surface area contributed by atoms with Gasteiger partial charge in [0.2, 0.25) is 11.8 Å². The quantitative estimate of drug-likeness (QED) is 0.792. The summed E-state index contributed by atoms with van der Waals surface area (Å²) in [6.07, 6.45) is 0.668. The van der Waals surface area contributed by atoms with Crippen molar-refractivity contribution in [3.05, 3.63) is 34.4 Å². The lowest BCUT2D eigenvalue weighted by molar-refractivity contribution is -0.120. The molecule has 0 radical (unpaired) electrons. The lowest BCUT2D eigenvalue weighted by Crippen LogP contribution is -2.25. The van der Waals surface area contributed by atoms with Gasteiger partial charge >= 0.3 is 0 Å². The van der Waals surface area contributed by atoms with Gasteiger partial charge < -0.3 is 24.1 Å². The fourth-order valence-electron chi connectivity index (χ4n) is 2.31. The van der Waals surface area contributed by atoms with Crippen LogP contribution >= 0.6 is 11.6 Å². The molecule has 0 aliphatic carbocycles. The molecule has 134 valence electrons. The number of rotatable bonds is 7. The van der Waals surface area contributed by atoms with Gasteiger partial charge in [-0.2, -0.15) is 4.98 Å². The number of nitrogens with one attached hydrogen (secondary N) is 1. The Labute approximate surface area is 149 Å². The van der Waals surface area contributed by atoms with Crippen molar-refractivity contribution in [3.63, 3.8) is 0 Å². The molecule has 0 spiro atoms. The largest absolute Gasteiger partial charge is 0.486 e. The van der Waals surface area contributed by atoms with Crippen molar-refractivity contribution in [1.29, 1.82) is 0 Å². The van der Waals surface area contributed by atoms with Crippen molar-refractivity contribution in [1.82, 2.24) is 15.5 Å². The lowest BCUT2D eigenvalue weighted by Gasteiger charge is -2.19. The molecule has 1 aromatic carbocycles. The highest BCUT2D eigenvalue weighted by Gasteiger charge is 2.17. The third kappa shape index (κ3) is 4.61. The summed E-state index contributed by atoms with van der Waals surface area (Å²) < 4.78 is 21.0. The third-order valence-electron chi connectivity index (χ3n) is 3.54. The molecule has 1 aliphatic rings. The zero-order valence-electron chi connectivity index (χ0n) is 13.7. The second-order valence-corrected chi connectivity index (χ2v) is 5.80. The van der Waals surface area contributed by atoms with Crippen molar-refractivity contribution in [3.8, 4) is 11.5 Å². The van der Waals surface area contributed by atoms with Gasteiger partial charge in [-0.25, -0.2) is 0 Å². The normalized spacial score (nSPS) is 12.9. The SMILES string of the molecule is COCCc1noc(CNC(=O)Cc2cc3c(cc2Cl)OCCO3)n1. The number of halogens is 1. The van der Waals surface area contributed by atoms with E-state index in [2.05, 4.69) is 15.5 Å². The summed E-state index contributed by atoms with van der Waals surface area (Å²) in [5.41, 5.74) is 0.662. The van der Waals surface area contributed by atoms with Crippen LogP contribution in [0.1, 0.15) is 17.3 Å². The third-order valence-corrected chi connectivity index (χ3v) is 3.89. The van der Waals surface area contributed by atoms with E-state index in [9.17, 15) is 4.79 Å². The van der Waals surface area contributed by atoms with E-state index in [0.717, 1.165) is 0 Å². The molecule has 0 saturated heterocycles. The summed E-state index contributed by atoms with van der Waals surface area (Å²) in [5, 5.41) is 6.99. The van der Waals surface area contributed by atoms with Crippen LogP contribution in [-0.2, 0) is 28.9 Å². The molecule has 1 aliphatic heterocycles. The monoisotopic (exact) mass is 367 g/mol. The van der Waals surface area contributed by atoms with Crippen LogP contribution in [0.3, 0.4) is 0 Å². The summed E-state index contributed by atoms with van der Waals surface area (Å²) >= 11 is 6.21. The number of nitrogens with zero attached hydrogens (tertiary/aromatic N) is 2. The molecule has 0 fully saturated rings. The van der Waals surface area contributed by atoms with Gasteiger partial charge in [0.15, 0.2) is 17.3 Å². The van der Waals surface area contributed by atoms with Crippen LogP contribution < -0.4 is 14.8 Å². The highest BCUT2D eigenvalue weighted by molar-refractivity contribution is 6.31. The number of benzene rings is 1. The van der Waals surface area contributed by atoms with Crippen LogP contribution in [0, 0.1) is 0 Å². The molecule has 1 N–H and O–H groups in total. The highest BCUT2D eigenvalue weighted by Crippen LogP contribution is 2.35. The first kappa shape index (κ1) is 17.5. The van der Waals surface area contributed by atoms with Gasteiger partial charge in [0.25, 0.3) is 0 Å². The molecule has 0 atom stereocenters. The van der Waals surface area contributed by atoms with Gasteiger partial charge in [-0.05, 0) is 11.6 Å². The zero-order valence-corrected chi connectivity index (χ0v) is 14.5. The van der Waals surface area contributed by atoms with Gasteiger partial charge in [0.1, 0.15) is 13.2 Å². The maximum Gasteiger partial charge on any atom is 0.246 e. The van der Waals surface area contributed by atoms with Gasteiger partial charge in [0.05, 0.1) is 19.6 Å². The van der Waals surface area contributed by atoms with Gasteiger partial charge in [-0.3, -0.25) is 4.79 Å². The van der Waals surface area contributed by atoms with Gasteiger partial charge in [-0.1, -0.05) is 16.8 Å². The molecular formula is C16H18ClN3O5. The van der Waals surface area contributed by atoms with E-state index in [4.69, 9.17) is 30.3 Å². The maximum atomic E-state index is 12.1. The summed E-state index contributed by atoms with van der Waals surface area (Å²) in [6, 6.07) is 3.39. The second kappa shape index (κ2) is 8.17. The molecule has 25 heavy (non-hydrogen) atoms. The Morgan fingerprint density at radius 3 is 2.84 bits per heavy atom. The number of hydrogen-bond acceptors (Lipinski definition) is 7. The van der Waals surface area contributed by atoms with E-state index in [0.29, 0.717) is 60.0 Å². The van der Waals surface area contributed by atoms with Crippen molar-refractivity contribution in [2.24, 2.45) is 0 Å². The smallest absolute Gasteiger partial charge is 0.246 e. The highest BCUT2D eigenvalue weighted by atomic mass is 35.5. The molecule has 9 heteroatoms. The number of hydrogen-bond donors (Lipinski definition) is 1. The van der Waals surface area contributed by atoms with E-state index < -0.39 is 0 Å². The van der Waals surface area contributed by atoms with Crippen molar-refractivity contribution < 1.29 is 23.5 Å². The number of carbonyl (C=O) groups is 1. The number of amides is 1. The molecule has 2 heterocycles. The number of carbonyl (C=O) groups excluding carboxylic acids is 1. The molecule has 0 unspecified atom stereocenters.